The van der Waals surface area contributed by atoms with E-state index >= 15 is 0 Å². The number of nitrogens with one attached hydrogen (secondary N) is 2. The zero-order chi connectivity index (χ0) is 28.2. The van der Waals surface area contributed by atoms with E-state index in [1.54, 1.807) is 23.1 Å². The lowest BCUT2D eigenvalue weighted by atomic mass is 10.0. The van der Waals surface area contributed by atoms with Gasteiger partial charge in [-0.3, -0.25) is 4.79 Å². The van der Waals surface area contributed by atoms with Crippen molar-refractivity contribution in [3.8, 4) is 0 Å². The summed E-state index contributed by atoms with van der Waals surface area (Å²) in [7, 11) is -3.70. The number of benzene rings is 3. The molecule has 3 aromatic rings. The molecule has 40 heavy (non-hydrogen) atoms. The first kappa shape index (κ1) is 29.0. The van der Waals surface area contributed by atoms with Crippen molar-refractivity contribution >= 4 is 21.8 Å². The Morgan fingerprint density at radius 1 is 0.825 bits per heavy atom. The van der Waals surface area contributed by atoms with Crippen molar-refractivity contribution in [1.82, 2.24) is 15.5 Å². The van der Waals surface area contributed by atoms with Crippen molar-refractivity contribution in [1.29, 1.82) is 0 Å². The molecule has 2 atom stereocenters. The lowest BCUT2D eigenvalue weighted by Gasteiger charge is -2.29. The molecule has 0 aromatic heterocycles. The zero-order valence-corrected chi connectivity index (χ0v) is 23.1. The highest BCUT2D eigenvalue weighted by atomic mass is 32.2. The van der Waals surface area contributed by atoms with Crippen LogP contribution in [0, 0.1) is 0 Å². The van der Waals surface area contributed by atoms with Gasteiger partial charge in [-0.15, -0.1) is 0 Å². The average Bonchev–Trinajstić information content (AvgIpc) is 3.00. The van der Waals surface area contributed by atoms with Crippen molar-refractivity contribution in [3.05, 3.63) is 114 Å². The van der Waals surface area contributed by atoms with Gasteiger partial charge in [0.1, 0.15) is 6.04 Å². The maximum absolute atomic E-state index is 13.6. The van der Waals surface area contributed by atoms with E-state index in [0.29, 0.717) is 45.6 Å². The summed E-state index contributed by atoms with van der Waals surface area (Å²) in [5.41, 5.74) is 1.97. The first-order valence-corrected chi connectivity index (χ1v) is 14.9. The SMILES string of the molecule is O=C(N[C@H](/C=C/S(=O)(=O)c1ccccc1)CCc1ccccc1)[C@H](Cc1ccccc1)NC(=O)N1CCOCC1. The predicted octanol–water partition coefficient (Wildman–Crippen LogP) is 3.74. The van der Waals surface area contributed by atoms with Crippen LogP contribution in [0.4, 0.5) is 4.79 Å². The third-order valence-electron chi connectivity index (χ3n) is 6.67. The van der Waals surface area contributed by atoms with Crippen molar-refractivity contribution in [2.45, 2.75) is 36.2 Å². The van der Waals surface area contributed by atoms with Crippen molar-refractivity contribution < 1.29 is 22.7 Å². The highest BCUT2D eigenvalue weighted by Gasteiger charge is 2.26. The monoisotopic (exact) mass is 561 g/mol. The summed E-state index contributed by atoms with van der Waals surface area (Å²) in [4.78, 5) is 28.4. The smallest absolute Gasteiger partial charge is 0.318 e. The summed E-state index contributed by atoms with van der Waals surface area (Å²) in [6.07, 6.45) is 2.92. The molecule has 3 aromatic carbocycles. The zero-order valence-electron chi connectivity index (χ0n) is 22.3. The minimum Gasteiger partial charge on any atom is -0.378 e. The fourth-order valence-corrected chi connectivity index (χ4v) is 5.51. The van der Waals surface area contributed by atoms with Gasteiger partial charge in [-0.25, -0.2) is 13.2 Å². The van der Waals surface area contributed by atoms with Crippen LogP contribution in [0.3, 0.4) is 0 Å². The topological polar surface area (TPSA) is 105 Å². The van der Waals surface area contributed by atoms with E-state index in [1.165, 1.54) is 18.2 Å². The third-order valence-corrected chi connectivity index (χ3v) is 8.12. The van der Waals surface area contributed by atoms with Gasteiger partial charge in [-0.05, 0) is 36.1 Å². The number of amides is 3. The van der Waals surface area contributed by atoms with Gasteiger partial charge >= 0.3 is 6.03 Å². The number of hydrogen-bond acceptors (Lipinski definition) is 5. The molecule has 0 aliphatic carbocycles. The van der Waals surface area contributed by atoms with Crippen LogP contribution < -0.4 is 10.6 Å². The Bertz CT molecular complexity index is 1360. The maximum atomic E-state index is 13.6. The molecule has 210 valence electrons. The van der Waals surface area contributed by atoms with Crippen LogP contribution in [0.25, 0.3) is 0 Å². The number of aryl methyl sites for hydroxylation is 1. The quantitative estimate of drug-likeness (QED) is 0.371. The van der Waals surface area contributed by atoms with E-state index in [0.717, 1.165) is 16.5 Å². The highest BCUT2D eigenvalue weighted by Crippen LogP contribution is 2.14. The Hall–Kier alpha value is -3.95. The lowest BCUT2D eigenvalue weighted by Crippen LogP contribution is -2.55. The summed E-state index contributed by atoms with van der Waals surface area (Å²) in [5, 5.41) is 7.03. The molecular weight excluding hydrogens is 526 g/mol. The summed E-state index contributed by atoms with van der Waals surface area (Å²) >= 11 is 0. The third kappa shape index (κ3) is 8.79. The van der Waals surface area contributed by atoms with Crippen molar-refractivity contribution in [3.63, 3.8) is 0 Å². The molecule has 1 fully saturated rings. The van der Waals surface area contributed by atoms with Crippen LogP contribution in [0.15, 0.2) is 107 Å². The number of carbonyl (C=O) groups excluding carboxylic acids is 2. The molecule has 0 unspecified atom stereocenters. The molecule has 0 radical (unpaired) electrons. The second-order valence-electron chi connectivity index (χ2n) is 9.62. The van der Waals surface area contributed by atoms with E-state index in [2.05, 4.69) is 10.6 Å². The second kappa shape index (κ2) is 14.4. The molecule has 8 nitrogen and oxygen atoms in total. The van der Waals surface area contributed by atoms with Crippen LogP contribution in [0.5, 0.6) is 0 Å². The van der Waals surface area contributed by atoms with Crippen LogP contribution in [0.2, 0.25) is 0 Å². The van der Waals surface area contributed by atoms with Crippen LogP contribution in [-0.2, 0) is 32.2 Å². The number of urea groups is 1. The van der Waals surface area contributed by atoms with Gasteiger partial charge in [0.15, 0.2) is 9.84 Å². The molecule has 0 saturated carbocycles. The molecule has 1 saturated heterocycles. The minimum atomic E-state index is -3.70. The number of sulfone groups is 1. The van der Waals surface area contributed by atoms with E-state index in [-0.39, 0.29) is 16.8 Å². The predicted molar refractivity (Wildman–Crippen MR) is 154 cm³/mol. The summed E-state index contributed by atoms with van der Waals surface area (Å²) in [6.45, 7) is 1.80. The summed E-state index contributed by atoms with van der Waals surface area (Å²) in [5.74, 6) is -0.384. The van der Waals surface area contributed by atoms with E-state index in [1.807, 2.05) is 60.7 Å². The normalized spacial score (nSPS) is 15.3. The number of rotatable bonds is 11. The van der Waals surface area contributed by atoms with Crippen LogP contribution >= 0.6 is 0 Å². The highest BCUT2D eigenvalue weighted by molar-refractivity contribution is 7.94. The van der Waals surface area contributed by atoms with E-state index < -0.39 is 21.9 Å². The van der Waals surface area contributed by atoms with Crippen molar-refractivity contribution in [2.24, 2.45) is 0 Å². The average molecular weight is 562 g/mol. The minimum absolute atomic E-state index is 0.180. The first-order chi connectivity index (χ1) is 19.4. The number of hydrogen-bond donors (Lipinski definition) is 2. The Morgan fingerprint density at radius 2 is 1.40 bits per heavy atom. The fraction of sp³-hybridized carbons (Fsp3) is 0.290. The van der Waals surface area contributed by atoms with Gasteiger partial charge in [-0.2, -0.15) is 0 Å². The largest absolute Gasteiger partial charge is 0.378 e. The van der Waals surface area contributed by atoms with E-state index in [4.69, 9.17) is 4.74 Å². The molecule has 1 aliphatic heterocycles. The molecular formula is C31H35N3O5S. The Kier molecular flexibility index (Phi) is 10.5. The molecule has 4 rings (SSSR count). The van der Waals surface area contributed by atoms with Crippen molar-refractivity contribution in [2.75, 3.05) is 26.3 Å². The molecule has 1 heterocycles. The lowest BCUT2D eigenvalue weighted by molar-refractivity contribution is -0.123. The second-order valence-corrected chi connectivity index (χ2v) is 11.5. The number of ether oxygens (including phenoxy) is 1. The number of carbonyl (C=O) groups is 2. The fourth-order valence-electron chi connectivity index (χ4n) is 4.42. The Labute approximate surface area is 236 Å². The molecule has 2 N–H and O–H groups in total. The number of morpholine rings is 1. The Morgan fingerprint density at radius 3 is 2.02 bits per heavy atom. The maximum Gasteiger partial charge on any atom is 0.318 e. The van der Waals surface area contributed by atoms with Crippen LogP contribution in [-0.4, -0.2) is 63.6 Å². The molecule has 9 heteroatoms. The van der Waals surface area contributed by atoms with Gasteiger partial charge in [0.25, 0.3) is 0 Å². The summed E-state index contributed by atoms with van der Waals surface area (Å²) < 4.78 is 31.2. The molecule has 0 spiro atoms. The summed E-state index contributed by atoms with van der Waals surface area (Å²) in [6, 6.07) is 25.7. The first-order valence-electron chi connectivity index (χ1n) is 13.4. The molecule has 1 aliphatic rings. The standard InChI is InChI=1S/C31H35N3O5S/c35-30(29(24-26-12-6-2-7-13-26)33-31(36)34-19-21-39-22-20-34)32-27(17-16-25-10-4-1-5-11-25)18-23-40(37,38)28-14-8-3-9-15-28/h1-15,18,23,27,29H,16-17,19-22,24H2,(H,32,35)(H,33,36)/b23-18+/t27-,29-/m0/s1. The van der Waals surface area contributed by atoms with Gasteiger partial charge in [-0.1, -0.05) is 84.9 Å². The van der Waals surface area contributed by atoms with Crippen LogP contribution in [0.1, 0.15) is 17.5 Å². The van der Waals surface area contributed by atoms with Gasteiger partial charge in [0.05, 0.1) is 18.1 Å². The van der Waals surface area contributed by atoms with Gasteiger partial charge in [0.2, 0.25) is 5.91 Å². The van der Waals surface area contributed by atoms with Gasteiger partial charge < -0.3 is 20.3 Å². The molecule has 3 amide bonds. The molecule has 0 bridgehead atoms. The number of nitrogens with zero attached hydrogens (tertiary/aromatic N) is 1. The van der Waals surface area contributed by atoms with Gasteiger partial charge in [0, 0.05) is 31.0 Å². The Balaban J connectivity index is 1.53. The van der Waals surface area contributed by atoms with E-state index in [9.17, 15) is 18.0 Å².